The molecule has 2 atom stereocenters. The van der Waals surface area contributed by atoms with E-state index in [1.54, 1.807) is 6.92 Å². The monoisotopic (exact) mass is 340 g/mol. The highest BCUT2D eigenvalue weighted by molar-refractivity contribution is 8.13. The molecule has 3 rings (SSSR count). The molecule has 2 unspecified atom stereocenters. The molecule has 3 fully saturated rings. The minimum absolute atomic E-state index is 0.151. The summed E-state index contributed by atoms with van der Waals surface area (Å²) in [5.74, 6) is 1.42. The molecular formula is C17H28N2O3S. The zero-order valence-electron chi connectivity index (χ0n) is 14.0. The van der Waals surface area contributed by atoms with Crippen LogP contribution in [0.3, 0.4) is 0 Å². The van der Waals surface area contributed by atoms with Crippen molar-refractivity contribution in [2.45, 2.75) is 51.2 Å². The van der Waals surface area contributed by atoms with E-state index in [2.05, 4.69) is 9.80 Å². The van der Waals surface area contributed by atoms with E-state index in [-0.39, 0.29) is 11.0 Å². The molecule has 3 aliphatic rings. The average molecular weight is 340 g/mol. The normalized spacial score (nSPS) is 30.3. The Morgan fingerprint density at radius 3 is 2.74 bits per heavy atom. The molecule has 3 saturated heterocycles. The van der Waals surface area contributed by atoms with Gasteiger partial charge in [-0.1, -0.05) is 11.8 Å². The smallest absolute Gasteiger partial charge is 0.223 e. The number of ether oxygens (including phenoxy) is 1. The van der Waals surface area contributed by atoms with Crippen LogP contribution in [-0.2, 0) is 14.3 Å². The van der Waals surface area contributed by atoms with Gasteiger partial charge in [0.25, 0.3) is 0 Å². The van der Waals surface area contributed by atoms with Gasteiger partial charge in [-0.05, 0) is 31.6 Å². The van der Waals surface area contributed by atoms with E-state index in [4.69, 9.17) is 4.74 Å². The maximum Gasteiger partial charge on any atom is 0.223 e. The fourth-order valence-corrected chi connectivity index (χ4v) is 4.69. The lowest BCUT2D eigenvalue weighted by Gasteiger charge is -2.37. The summed E-state index contributed by atoms with van der Waals surface area (Å²) in [6, 6.07) is 0.399. The van der Waals surface area contributed by atoms with Crippen LogP contribution >= 0.6 is 11.8 Å². The number of carbonyl (C=O) groups excluding carboxylic acids is 2. The molecule has 0 radical (unpaired) electrons. The molecular weight excluding hydrogens is 312 g/mol. The second-order valence-corrected chi connectivity index (χ2v) is 8.28. The fraction of sp³-hybridized carbons (Fsp3) is 0.882. The number of thioether (sulfide) groups is 1. The van der Waals surface area contributed by atoms with Crippen LogP contribution < -0.4 is 0 Å². The van der Waals surface area contributed by atoms with E-state index < -0.39 is 0 Å². The molecule has 0 bridgehead atoms. The number of rotatable bonds is 5. The lowest BCUT2D eigenvalue weighted by molar-refractivity contribution is -0.130. The fourth-order valence-electron chi connectivity index (χ4n) is 4.00. The maximum absolute atomic E-state index is 12.3. The van der Waals surface area contributed by atoms with E-state index >= 15 is 0 Å². The Kier molecular flexibility index (Phi) is 5.99. The summed E-state index contributed by atoms with van der Waals surface area (Å²) >= 11 is 1.36. The summed E-state index contributed by atoms with van der Waals surface area (Å²) in [5.41, 5.74) is 0. The van der Waals surface area contributed by atoms with Gasteiger partial charge in [-0.3, -0.25) is 9.59 Å². The number of hydrogen-bond acceptors (Lipinski definition) is 5. The van der Waals surface area contributed by atoms with Crippen LogP contribution in [0.2, 0.25) is 0 Å². The Balaban J connectivity index is 1.42. The number of hydrogen-bond donors (Lipinski definition) is 0. The summed E-state index contributed by atoms with van der Waals surface area (Å²) in [6.45, 7) is 6.56. The minimum atomic E-state index is 0.151. The van der Waals surface area contributed by atoms with Gasteiger partial charge in [0.2, 0.25) is 5.91 Å². The van der Waals surface area contributed by atoms with E-state index in [0.29, 0.717) is 24.5 Å². The lowest BCUT2D eigenvalue weighted by atomic mass is 10.0. The van der Waals surface area contributed by atoms with Gasteiger partial charge in [-0.15, -0.1) is 0 Å². The van der Waals surface area contributed by atoms with Crippen LogP contribution in [0.1, 0.15) is 39.0 Å². The second kappa shape index (κ2) is 7.99. The number of amides is 1. The molecule has 130 valence electrons. The van der Waals surface area contributed by atoms with Crippen molar-refractivity contribution in [1.82, 2.24) is 9.80 Å². The Bertz CT molecular complexity index is 432. The first-order valence-corrected chi connectivity index (χ1v) is 9.87. The SMILES string of the molecule is CC(=O)SCC1CC(=O)N(C2CCN(CC3CCCO3)CC2)C1. The summed E-state index contributed by atoms with van der Waals surface area (Å²) in [4.78, 5) is 28.0. The van der Waals surface area contributed by atoms with Crippen LogP contribution in [0.4, 0.5) is 0 Å². The largest absolute Gasteiger partial charge is 0.377 e. The summed E-state index contributed by atoms with van der Waals surface area (Å²) in [5, 5.41) is 0.151. The van der Waals surface area contributed by atoms with Gasteiger partial charge in [-0.2, -0.15) is 0 Å². The van der Waals surface area contributed by atoms with Gasteiger partial charge in [0, 0.05) is 57.9 Å². The van der Waals surface area contributed by atoms with Crippen LogP contribution in [0, 0.1) is 5.92 Å². The van der Waals surface area contributed by atoms with Crippen molar-refractivity contribution < 1.29 is 14.3 Å². The number of carbonyl (C=O) groups is 2. The molecule has 23 heavy (non-hydrogen) atoms. The van der Waals surface area contributed by atoms with Crippen molar-refractivity contribution in [1.29, 1.82) is 0 Å². The number of nitrogens with zero attached hydrogens (tertiary/aromatic N) is 2. The van der Waals surface area contributed by atoms with E-state index in [1.807, 2.05) is 0 Å². The first-order valence-electron chi connectivity index (χ1n) is 8.88. The summed E-state index contributed by atoms with van der Waals surface area (Å²) in [6.07, 6.45) is 5.59. The third-order valence-electron chi connectivity index (χ3n) is 5.24. The molecule has 0 N–H and O–H groups in total. The minimum Gasteiger partial charge on any atom is -0.377 e. The molecule has 5 nitrogen and oxygen atoms in total. The Morgan fingerprint density at radius 1 is 1.30 bits per heavy atom. The second-order valence-electron chi connectivity index (χ2n) is 7.09. The Hall–Kier alpha value is -0.590. The van der Waals surface area contributed by atoms with Gasteiger partial charge in [0.15, 0.2) is 5.12 Å². The molecule has 1 amide bonds. The number of piperidine rings is 1. The van der Waals surface area contributed by atoms with Crippen molar-refractivity contribution in [2.24, 2.45) is 5.92 Å². The summed E-state index contributed by atoms with van der Waals surface area (Å²) < 4.78 is 5.72. The molecule has 6 heteroatoms. The predicted molar refractivity (Wildman–Crippen MR) is 91.4 cm³/mol. The van der Waals surface area contributed by atoms with Gasteiger partial charge in [-0.25, -0.2) is 0 Å². The predicted octanol–water partition coefficient (Wildman–Crippen LogP) is 1.76. The third-order valence-corrected chi connectivity index (χ3v) is 6.29. The molecule has 0 aliphatic carbocycles. The zero-order chi connectivity index (χ0) is 16.2. The molecule has 0 aromatic heterocycles. The lowest BCUT2D eigenvalue weighted by Crippen LogP contribution is -2.47. The van der Waals surface area contributed by atoms with Crippen molar-refractivity contribution in [3.8, 4) is 0 Å². The number of likely N-dealkylation sites (tertiary alicyclic amines) is 2. The molecule has 3 heterocycles. The van der Waals surface area contributed by atoms with Crippen LogP contribution in [0.25, 0.3) is 0 Å². The topological polar surface area (TPSA) is 49.9 Å². The average Bonchev–Trinajstić information content (AvgIpc) is 3.16. The molecule has 0 aromatic rings. The van der Waals surface area contributed by atoms with E-state index in [0.717, 1.165) is 51.4 Å². The van der Waals surface area contributed by atoms with Crippen LogP contribution in [0.15, 0.2) is 0 Å². The molecule has 3 aliphatic heterocycles. The third kappa shape index (κ3) is 4.70. The van der Waals surface area contributed by atoms with Crippen molar-refractivity contribution in [3.63, 3.8) is 0 Å². The molecule has 0 saturated carbocycles. The zero-order valence-corrected chi connectivity index (χ0v) is 14.9. The van der Waals surface area contributed by atoms with Gasteiger partial charge >= 0.3 is 0 Å². The quantitative estimate of drug-likeness (QED) is 0.763. The first kappa shape index (κ1) is 17.2. The molecule has 0 aromatic carbocycles. The highest BCUT2D eigenvalue weighted by atomic mass is 32.2. The van der Waals surface area contributed by atoms with Crippen molar-refractivity contribution in [2.75, 3.05) is 38.5 Å². The highest BCUT2D eigenvalue weighted by Gasteiger charge is 2.36. The van der Waals surface area contributed by atoms with Gasteiger partial charge in [0.05, 0.1) is 6.10 Å². The van der Waals surface area contributed by atoms with Crippen molar-refractivity contribution in [3.05, 3.63) is 0 Å². The van der Waals surface area contributed by atoms with Crippen LogP contribution in [-0.4, -0.2) is 71.5 Å². The first-order chi connectivity index (χ1) is 11.1. The standard InChI is InChI=1S/C17H28N2O3S/c1-13(20)23-12-14-9-17(21)19(10-14)15-4-6-18(7-5-15)11-16-3-2-8-22-16/h14-16H,2-12H2,1H3. The van der Waals surface area contributed by atoms with E-state index in [1.165, 1.54) is 24.6 Å². The van der Waals surface area contributed by atoms with E-state index in [9.17, 15) is 9.59 Å². The van der Waals surface area contributed by atoms with Gasteiger partial charge in [0.1, 0.15) is 0 Å². The Labute approximate surface area is 143 Å². The maximum atomic E-state index is 12.3. The van der Waals surface area contributed by atoms with Gasteiger partial charge < -0.3 is 14.5 Å². The molecule has 0 spiro atoms. The highest BCUT2D eigenvalue weighted by Crippen LogP contribution is 2.28. The Morgan fingerprint density at radius 2 is 2.09 bits per heavy atom. The van der Waals surface area contributed by atoms with Crippen molar-refractivity contribution >= 4 is 22.8 Å². The summed E-state index contributed by atoms with van der Waals surface area (Å²) in [7, 11) is 0. The van der Waals surface area contributed by atoms with Crippen LogP contribution in [0.5, 0.6) is 0 Å².